The Morgan fingerprint density at radius 2 is 1.82 bits per heavy atom. The van der Waals surface area contributed by atoms with Gasteiger partial charge in [-0.05, 0) is 57.2 Å². The first kappa shape index (κ1) is 28.3. The number of ether oxygens (including phenoxy) is 2. The molecule has 3 aromatic rings. The number of hydrogen-bond donors (Lipinski definition) is 3. The normalized spacial score (nSPS) is 16.9. The van der Waals surface area contributed by atoms with Gasteiger partial charge in [-0.15, -0.1) is 0 Å². The number of carboxylic acids is 1. The Balaban J connectivity index is 1.55. The van der Waals surface area contributed by atoms with E-state index in [0.717, 1.165) is 17.0 Å². The summed E-state index contributed by atoms with van der Waals surface area (Å²) in [5.74, 6) is -2.51. The average Bonchev–Trinajstić information content (AvgIpc) is 3.47. The van der Waals surface area contributed by atoms with Crippen molar-refractivity contribution in [2.75, 3.05) is 17.2 Å². The Labute approximate surface area is 228 Å². The molecule has 1 aliphatic heterocycles. The molecule has 2 heterocycles. The zero-order valence-electron chi connectivity index (χ0n) is 22.3. The number of rotatable bonds is 6. The van der Waals surface area contributed by atoms with Crippen molar-refractivity contribution in [2.24, 2.45) is 7.05 Å². The number of nitrogens with one attached hydrogen (secondary N) is 2. The first-order valence-corrected chi connectivity index (χ1v) is 12.4. The smallest absolute Gasteiger partial charge is 0.411 e. The summed E-state index contributed by atoms with van der Waals surface area (Å²) in [6.45, 7) is 5.06. The molecule has 1 saturated heterocycles. The summed E-state index contributed by atoms with van der Waals surface area (Å²) in [6.07, 6.45) is 0.194. The highest BCUT2D eigenvalue weighted by molar-refractivity contribution is 6.00. The molecule has 4 rings (SSSR count). The van der Waals surface area contributed by atoms with Gasteiger partial charge in [0.1, 0.15) is 35.1 Å². The molecule has 0 radical (unpaired) electrons. The molecule has 2 aromatic carbocycles. The van der Waals surface area contributed by atoms with Crippen molar-refractivity contribution in [2.45, 2.75) is 44.9 Å². The van der Waals surface area contributed by atoms with Crippen LogP contribution in [0, 0.1) is 11.6 Å². The zero-order valence-corrected chi connectivity index (χ0v) is 22.3. The summed E-state index contributed by atoms with van der Waals surface area (Å²) in [7, 11) is 1.71. The third-order valence-electron chi connectivity index (χ3n) is 5.98. The Kier molecular flexibility index (Phi) is 7.93. The number of benzene rings is 2. The summed E-state index contributed by atoms with van der Waals surface area (Å²) >= 11 is 0. The van der Waals surface area contributed by atoms with Crippen LogP contribution in [0.2, 0.25) is 0 Å². The van der Waals surface area contributed by atoms with Gasteiger partial charge >= 0.3 is 18.1 Å². The number of aromatic nitrogens is 2. The van der Waals surface area contributed by atoms with Crippen LogP contribution in [0.1, 0.15) is 27.2 Å². The molecule has 3 N–H and O–H groups in total. The second-order valence-corrected chi connectivity index (χ2v) is 10.2. The Hall–Kier alpha value is -4.68. The monoisotopic (exact) mass is 557 g/mol. The molecular weight excluding hydrogens is 528 g/mol. The second kappa shape index (κ2) is 11.2. The maximum absolute atomic E-state index is 13.9. The van der Waals surface area contributed by atoms with Gasteiger partial charge in [-0.1, -0.05) is 0 Å². The largest absolute Gasteiger partial charge is 0.488 e. The van der Waals surface area contributed by atoms with Gasteiger partial charge in [-0.2, -0.15) is 5.10 Å². The van der Waals surface area contributed by atoms with Crippen LogP contribution in [0.5, 0.6) is 5.75 Å². The molecular formula is C27H29F2N5O6. The molecule has 0 aliphatic carbocycles. The lowest BCUT2D eigenvalue weighted by atomic mass is 10.1. The quantitative estimate of drug-likeness (QED) is 0.394. The molecule has 0 saturated carbocycles. The first-order valence-electron chi connectivity index (χ1n) is 12.4. The van der Waals surface area contributed by atoms with Crippen LogP contribution in [-0.2, 0) is 16.6 Å². The van der Waals surface area contributed by atoms with E-state index in [-0.39, 0.29) is 18.7 Å². The predicted octanol–water partition coefficient (Wildman–Crippen LogP) is 4.85. The van der Waals surface area contributed by atoms with E-state index < -0.39 is 47.5 Å². The fourth-order valence-electron chi connectivity index (χ4n) is 4.24. The van der Waals surface area contributed by atoms with E-state index >= 15 is 0 Å². The Morgan fingerprint density at radius 1 is 1.07 bits per heavy atom. The second-order valence-electron chi connectivity index (χ2n) is 10.2. The van der Waals surface area contributed by atoms with Crippen LogP contribution in [0.15, 0.2) is 48.7 Å². The van der Waals surface area contributed by atoms with E-state index in [9.17, 15) is 28.3 Å². The van der Waals surface area contributed by atoms with E-state index in [0.29, 0.717) is 28.8 Å². The van der Waals surface area contributed by atoms with Crippen LogP contribution in [0.4, 0.5) is 29.7 Å². The van der Waals surface area contributed by atoms with Crippen molar-refractivity contribution in [3.05, 3.63) is 60.3 Å². The van der Waals surface area contributed by atoms with E-state index in [1.54, 1.807) is 63.0 Å². The van der Waals surface area contributed by atoms with Crippen LogP contribution in [0.3, 0.4) is 0 Å². The maximum atomic E-state index is 13.9. The molecule has 212 valence electrons. The first-order chi connectivity index (χ1) is 18.8. The summed E-state index contributed by atoms with van der Waals surface area (Å²) in [6, 6.07) is 7.36. The molecule has 2 atom stereocenters. The standard InChI is InChI=1S/C27H29F2N5O6/c1-27(2,3)40-26(38)34-14-17(13-22(34)24(35)36)39-23-8-6-16(12-18(23)21-9-10-30-33(21)4)31-25(37)32-20-7-5-15(28)11-19(20)29/h5-12,17,22H,13-14H2,1-4H3,(H,35,36)(H2,31,32,37)/t17-,22-/m0/s1. The van der Waals surface area contributed by atoms with Crippen molar-refractivity contribution in [3.63, 3.8) is 0 Å². The van der Waals surface area contributed by atoms with Crippen molar-refractivity contribution in [1.82, 2.24) is 14.7 Å². The number of amides is 3. The average molecular weight is 558 g/mol. The summed E-state index contributed by atoms with van der Waals surface area (Å²) in [4.78, 5) is 38.2. The lowest BCUT2D eigenvalue weighted by molar-refractivity contribution is -0.142. The number of carbonyl (C=O) groups excluding carboxylic acids is 2. The van der Waals surface area contributed by atoms with Crippen molar-refractivity contribution in [3.8, 4) is 17.0 Å². The number of anilines is 2. The van der Waals surface area contributed by atoms with E-state index in [2.05, 4.69) is 15.7 Å². The van der Waals surface area contributed by atoms with E-state index in [4.69, 9.17) is 9.47 Å². The number of urea groups is 1. The highest BCUT2D eigenvalue weighted by Gasteiger charge is 2.43. The lowest BCUT2D eigenvalue weighted by Gasteiger charge is -2.26. The molecule has 1 fully saturated rings. The lowest BCUT2D eigenvalue weighted by Crippen LogP contribution is -2.43. The van der Waals surface area contributed by atoms with Gasteiger partial charge in [0.15, 0.2) is 0 Å². The van der Waals surface area contributed by atoms with Crippen LogP contribution >= 0.6 is 0 Å². The van der Waals surface area contributed by atoms with Gasteiger partial charge in [0.25, 0.3) is 0 Å². The van der Waals surface area contributed by atoms with Gasteiger partial charge in [-0.3, -0.25) is 9.58 Å². The van der Waals surface area contributed by atoms with Crippen molar-refractivity contribution >= 4 is 29.5 Å². The highest BCUT2D eigenvalue weighted by Crippen LogP contribution is 2.35. The molecule has 11 nitrogen and oxygen atoms in total. The number of likely N-dealkylation sites (tertiary alicyclic amines) is 1. The van der Waals surface area contributed by atoms with Gasteiger partial charge < -0.3 is 25.2 Å². The number of halogens is 2. The van der Waals surface area contributed by atoms with Crippen LogP contribution < -0.4 is 15.4 Å². The summed E-state index contributed by atoms with van der Waals surface area (Å²) in [5, 5.41) is 18.8. The Bertz CT molecular complexity index is 1440. The number of aliphatic carboxylic acids is 1. The van der Waals surface area contributed by atoms with E-state index in [1.807, 2.05) is 0 Å². The molecule has 0 unspecified atom stereocenters. The molecule has 1 aromatic heterocycles. The highest BCUT2D eigenvalue weighted by atomic mass is 19.1. The van der Waals surface area contributed by atoms with Gasteiger partial charge in [0.05, 0.1) is 17.9 Å². The number of carbonyl (C=O) groups is 3. The molecule has 1 aliphatic rings. The predicted molar refractivity (Wildman–Crippen MR) is 141 cm³/mol. The van der Waals surface area contributed by atoms with Crippen molar-refractivity contribution < 1.29 is 37.7 Å². The zero-order chi connectivity index (χ0) is 29.2. The van der Waals surface area contributed by atoms with Gasteiger partial charge in [-0.25, -0.2) is 23.2 Å². The fourth-order valence-corrected chi connectivity index (χ4v) is 4.24. The fraction of sp³-hybridized carbons (Fsp3) is 0.333. The van der Waals surface area contributed by atoms with Gasteiger partial charge in [0, 0.05) is 37.0 Å². The molecule has 0 bridgehead atoms. The Morgan fingerprint density at radius 3 is 2.45 bits per heavy atom. The minimum atomic E-state index is -1.17. The maximum Gasteiger partial charge on any atom is 0.411 e. The third-order valence-corrected chi connectivity index (χ3v) is 5.98. The summed E-state index contributed by atoms with van der Waals surface area (Å²) < 4.78 is 40.3. The molecule has 0 spiro atoms. The van der Waals surface area contributed by atoms with Gasteiger partial charge in [0.2, 0.25) is 0 Å². The van der Waals surface area contributed by atoms with Crippen LogP contribution in [-0.4, -0.2) is 62.2 Å². The van der Waals surface area contributed by atoms with E-state index in [1.165, 1.54) is 0 Å². The minimum Gasteiger partial charge on any atom is -0.488 e. The molecule has 13 heteroatoms. The third kappa shape index (κ3) is 6.65. The number of aryl methyl sites for hydroxylation is 1. The summed E-state index contributed by atoms with van der Waals surface area (Å²) in [5.41, 5.74) is 0.473. The number of carboxylic acid groups (broad SMARTS) is 1. The van der Waals surface area contributed by atoms with Crippen LogP contribution in [0.25, 0.3) is 11.3 Å². The van der Waals surface area contributed by atoms with Crippen molar-refractivity contribution in [1.29, 1.82) is 0 Å². The molecule has 3 amide bonds. The number of nitrogens with zero attached hydrogens (tertiary/aromatic N) is 3. The topological polar surface area (TPSA) is 135 Å². The SMILES string of the molecule is Cn1nccc1-c1cc(NC(=O)Nc2ccc(F)cc2F)ccc1O[C@H]1C[C@@H](C(=O)O)N(C(=O)OC(C)(C)C)C1. The minimum absolute atomic E-state index is 0.0116. The molecule has 40 heavy (non-hydrogen) atoms. The number of hydrogen-bond acceptors (Lipinski definition) is 6.